The SMILES string of the molecule is COc1ccc(/C(C)=N/n2cnnc2)cc1. The van der Waals surface area contributed by atoms with Gasteiger partial charge in [0.15, 0.2) is 0 Å². The lowest BCUT2D eigenvalue weighted by molar-refractivity contribution is 0.415. The first kappa shape index (κ1) is 10.4. The zero-order valence-electron chi connectivity index (χ0n) is 9.16. The van der Waals surface area contributed by atoms with Gasteiger partial charge in [-0.2, -0.15) is 5.10 Å². The van der Waals surface area contributed by atoms with Crippen LogP contribution in [-0.4, -0.2) is 27.7 Å². The molecule has 2 rings (SSSR count). The molecule has 0 amide bonds. The quantitative estimate of drug-likeness (QED) is 0.731. The van der Waals surface area contributed by atoms with Gasteiger partial charge < -0.3 is 4.74 Å². The van der Waals surface area contributed by atoms with Crippen LogP contribution in [0, 0.1) is 0 Å². The van der Waals surface area contributed by atoms with Crippen LogP contribution in [0.1, 0.15) is 12.5 Å². The summed E-state index contributed by atoms with van der Waals surface area (Å²) in [5.41, 5.74) is 1.93. The van der Waals surface area contributed by atoms with Crippen LogP contribution in [0.15, 0.2) is 42.0 Å². The minimum atomic E-state index is 0.834. The fourth-order valence-electron chi connectivity index (χ4n) is 1.31. The number of methoxy groups -OCH3 is 1. The highest BCUT2D eigenvalue weighted by Crippen LogP contribution is 2.12. The van der Waals surface area contributed by atoms with Crippen LogP contribution in [0.2, 0.25) is 0 Å². The van der Waals surface area contributed by atoms with Crippen LogP contribution in [0.3, 0.4) is 0 Å². The molecule has 0 aliphatic rings. The van der Waals surface area contributed by atoms with Gasteiger partial charge in [0.1, 0.15) is 18.4 Å². The molecule has 0 atom stereocenters. The Labute approximate surface area is 93.4 Å². The van der Waals surface area contributed by atoms with Crippen molar-refractivity contribution in [2.75, 3.05) is 7.11 Å². The highest BCUT2D eigenvalue weighted by Gasteiger charge is 1.98. The molecule has 0 aliphatic heterocycles. The van der Waals surface area contributed by atoms with E-state index in [0.29, 0.717) is 0 Å². The Morgan fingerprint density at radius 1 is 1.19 bits per heavy atom. The lowest BCUT2D eigenvalue weighted by Gasteiger charge is -2.02. The fraction of sp³-hybridized carbons (Fsp3) is 0.182. The summed E-state index contributed by atoms with van der Waals surface area (Å²) in [5, 5.41) is 11.7. The number of rotatable bonds is 3. The predicted octanol–water partition coefficient (Wildman–Crippen LogP) is 1.56. The van der Waals surface area contributed by atoms with Gasteiger partial charge in [-0.25, -0.2) is 4.68 Å². The molecule has 1 heterocycles. The van der Waals surface area contributed by atoms with Gasteiger partial charge in [0, 0.05) is 0 Å². The number of aromatic nitrogens is 3. The third-order valence-corrected chi connectivity index (χ3v) is 2.18. The standard InChI is InChI=1S/C11H12N4O/c1-9(14-15-7-12-13-8-15)10-3-5-11(16-2)6-4-10/h3-8H,1-2H3/b14-9+. The Kier molecular flexibility index (Phi) is 2.95. The minimum absolute atomic E-state index is 0.834. The molecular formula is C11H12N4O. The summed E-state index contributed by atoms with van der Waals surface area (Å²) in [5.74, 6) is 0.834. The second-order valence-electron chi connectivity index (χ2n) is 3.26. The smallest absolute Gasteiger partial charge is 0.141 e. The molecule has 0 fully saturated rings. The van der Waals surface area contributed by atoms with Crippen molar-refractivity contribution in [2.45, 2.75) is 6.92 Å². The number of hydrogen-bond acceptors (Lipinski definition) is 4. The summed E-state index contributed by atoms with van der Waals surface area (Å²) in [6, 6.07) is 7.73. The van der Waals surface area contributed by atoms with Gasteiger partial charge in [0.05, 0.1) is 12.8 Å². The van der Waals surface area contributed by atoms with E-state index < -0.39 is 0 Å². The predicted molar refractivity (Wildman–Crippen MR) is 60.6 cm³/mol. The molecule has 0 saturated carbocycles. The van der Waals surface area contributed by atoms with Crippen LogP contribution in [0.4, 0.5) is 0 Å². The van der Waals surface area contributed by atoms with Crippen LogP contribution in [0.5, 0.6) is 5.75 Å². The van der Waals surface area contributed by atoms with Crippen molar-refractivity contribution < 1.29 is 4.74 Å². The number of hydrogen-bond donors (Lipinski definition) is 0. The summed E-state index contributed by atoms with van der Waals surface area (Å²) in [4.78, 5) is 0. The highest BCUT2D eigenvalue weighted by molar-refractivity contribution is 5.98. The van der Waals surface area contributed by atoms with E-state index >= 15 is 0 Å². The zero-order chi connectivity index (χ0) is 11.4. The summed E-state index contributed by atoms with van der Waals surface area (Å²) in [6.07, 6.45) is 3.10. The van der Waals surface area contributed by atoms with E-state index in [9.17, 15) is 0 Å². The summed E-state index contributed by atoms with van der Waals surface area (Å²) in [6.45, 7) is 1.93. The average molecular weight is 216 g/mol. The van der Waals surface area contributed by atoms with Crippen molar-refractivity contribution in [2.24, 2.45) is 5.10 Å². The van der Waals surface area contributed by atoms with Crippen LogP contribution < -0.4 is 4.74 Å². The summed E-state index contributed by atoms with van der Waals surface area (Å²) >= 11 is 0. The van der Waals surface area contributed by atoms with Crippen LogP contribution in [-0.2, 0) is 0 Å². The molecule has 5 nitrogen and oxygen atoms in total. The van der Waals surface area contributed by atoms with E-state index in [0.717, 1.165) is 17.0 Å². The van der Waals surface area contributed by atoms with E-state index in [4.69, 9.17) is 4.74 Å². The molecular weight excluding hydrogens is 204 g/mol. The van der Waals surface area contributed by atoms with Crippen molar-refractivity contribution in [1.29, 1.82) is 0 Å². The molecule has 16 heavy (non-hydrogen) atoms. The van der Waals surface area contributed by atoms with Crippen molar-refractivity contribution in [3.05, 3.63) is 42.5 Å². The lowest BCUT2D eigenvalue weighted by Crippen LogP contribution is -1.98. The monoisotopic (exact) mass is 216 g/mol. The van der Waals surface area contributed by atoms with E-state index in [2.05, 4.69) is 15.3 Å². The Bertz CT molecular complexity index is 473. The molecule has 0 saturated heterocycles. The number of nitrogens with zero attached hydrogens (tertiary/aromatic N) is 4. The molecule has 2 aromatic rings. The Hall–Kier alpha value is -2.17. The zero-order valence-corrected chi connectivity index (χ0v) is 9.16. The first-order chi connectivity index (χ1) is 7.79. The molecule has 0 spiro atoms. The van der Waals surface area contributed by atoms with Crippen molar-refractivity contribution in [3.63, 3.8) is 0 Å². The van der Waals surface area contributed by atoms with E-state index in [-0.39, 0.29) is 0 Å². The summed E-state index contributed by atoms with van der Waals surface area (Å²) in [7, 11) is 1.65. The molecule has 0 bridgehead atoms. The molecule has 0 aliphatic carbocycles. The Morgan fingerprint density at radius 2 is 1.81 bits per heavy atom. The van der Waals surface area contributed by atoms with Gasteiger partial charge in [-0.05, 0) is 36.8 Å². The van der Waals surface area contributed by atoms with Gasteiger partial charge in [-0.1, -0.05) is 0 Å². The Balaban J connectivity index is 2.23. The molecule has 5 heteroatoms. The maximum Gasteiger partial charge on any atom is 0.141 e. The van der Waals surface area contributed by atoms with Gasteiger partial charge in [0.25, 0.3) is 0 Å². The lowest BCUT2D eigenvalue weighted by atomic mass is 10.1. The van der Waals surface area contributed by atoms with Crippen LogP contribution >= 0.6 is 0 Å². The highest BCUT2D eigenvalue weighted by atomic mass is 16.5. The molecule has 82 valence electrons. The van der Waals surface area contributed by atoms with E-state index in [1.807, 2.05) is 31.2 Å². The first-order valence-electron chi connectivity index (χ1n) is 4.84. The van der Waals surface area contributed by atoms with Crippen molar-refractivity contribution in [3.8, 4) is 5.75 Å². The topological polar surface area (TPSA) is 52.3 Å². The Morgan fingerprint density at radius 3 is 2.38 bits per heavy atom. The molecule has 1 aromatic carbocycles. The van der Waals surface area contributed by atoms with Crippen molar-refractivity contribution >= 4 is 5.71 Å². The summed E-state index contributed by atoms with van der Waals surface area (Å²) < 4.78 is 6.66. The number of benzene rings is 1. The molecule has 0 N–H and O–H groups in total. The van der Waals surface area contributed by atoms with Crippen LogP contribution in [0.25, 0.3) is 0 Å². The van der Waals surface area contributed by atoms with Gasteiger partial charge in [0.2, 0.25) is 0 Å². The molecule has 1 aromatic heterocycles. The third kappa shape index (κ3) is 2.25. The molecule has 0 radical (unpaired) electrons. The first-order valence-corrected chi connectivity index (χ1v) is 4.84. The van der Waals surface area contributed by atoms with Crippen molar-refractivity contribution in [1.82, 2.24) is 14.9 Å². The average Bonchev–Trinajstić information content (AvgIpc) is 2.82. The fourth-order valence-corrected chi connectivity index (χ4v) is 1.31. The normalized spacial score (nSPS) is 11.5. The van der Waals surface area contributed by atoms with Gasteiger partial charge in [-0.15, -0.1) is 10.2 Å². The van der Waals surface area contributed by atoms with Gasteiger partial charge >= 0.3 is 0 Å². The molecule has 0 unspecified atom stereocenters. The van der Waals surface area contributed by atoms with E-state index in [1.54, 1.807) is 24.4 Å². The largest absolute Gasteiger partial charge is 0.497 e. The van der Waals surface area contributed by atoms with E-state index in [1.165, 1.54) is 0 Å². The maximum absolute atomic E-state index is 5.09. The second-order valence-corrected chi connectivity index (χ2v) is 3.26. The number of ether oxygens (including phenoxy) is 1. The van der Waals surface area contributed by atoms with Gasteiger partial charge in [-0.3, -0.25) is 0 Å². The third-order valence-electron chi connectivity index (χ3n) is 2.18. The maximum atomic E-state index is 5.09. The second kappa shape index (κ2) is 4.57. The minimum Gasteiger partial charge on any atom is -0.497 e.